The molecule has 0 fully saturated rings. The Morgan fingerprint density at radius 3 is 3.00 bits per heavy atom. The molecule has 2 rings (SSSR count). The van der Waals surface area contributed by atoms with Crippen molar-refractivity contribution in [2.24, 2.45) is 5.73 Å². The number of fused-ring (bicyclic) bond motifs is 1. The summed E-state index contributed by atoms with van der Waals surface area (Å²) in [6.07, 6.45) is 1.82. The van der Waals surface area contributed by atoms with Crippen LogP contribution in [0.1, 0.15) is 23.6 Å². The Kier molecular flexibility index (Phi) is 1.93. The van der Waals surface area contributed by atoms with Gasteiger partial charge in [0.1, 0.15) is 5.82 Å². The first-order valence-corrected chi connectivity index (χ1v) is 4.71. The minimum absolute atomic E-state index is 0.0787. The first-order valence-electron chi connectivity index (χ1n) is 3.92. The fourth-order valence-corrected chi connectivity index (χ4v) is 2.48. The molecule has 1 nitrogen and oxygen atoms in total. The number of nitrogens with two attached hydrogens (primary N) is 1. The van der Waals surface area contributed by atoms with Gasteiger partial charge in [0.15, 0.2) is 0 Å². The highest BCUT2D eigenvalue weighted by atomic mass is 79.9. The zero-order chi connectivity index (χ0) is 8.72. The normalized spacial score (nSPS) is 21.1. The predicted molar refractivity (Wildman–Crippen MR) is 49.3 cm³/mol. The van der Waals surface area contributed by atoms with Crippen LogP contribution in [0.3, 0.4) is 0 Å². The maximum absolute atomic E-state index is 12.9. The van der Waals surface area contributed by atoms with Gasteiger partial charge in [-0.3, -0.25) is 0 Å². The topological polar surface area (TPSA) is 26.0 Å². The Labute approximate surface area is 78.9 Å². The van der Waals surface area contributed by atoms with Crippen LogP contribution in [-0.2, 0) is 6.42 Å². The van der Waals surface area contributed by atoms with Crippen molar-refractivity contribution in [2.75, 3.05) is 0 Å². The van der Waals surface area contributed by atoms with Crippen molar-refractivity contribution in [1.29, 1.82) is 0 Å². The van der Waals surface area contributed by atoms with Crippen molar-refractivity contribution in [1.82, 2.24) is 0 Å². The minimum atomic E-state index is -0.185. The van der Waals surface area contributed by atoms with Gasteiger partial charge in [0.25, 0.3) is 0 Å². The van der Waals surface area contributed by atoms with E-state index in [0.717, 1.165) is 28.4 Å². The van der Waals surface area contributed by atoms with Crippen LogP contribution in [0.5, 0.6) is 0 Å². The van der Waals surface area contributed by atoms with Crippen LogP contribution in [0, 0.1) is 5.82 Å². The van der Waals surface area contributed by atoms with Crippen LogP contribution in [0.15, 0.2) is 16.6 Å². The van der Waals surface area contributed by atoms with E-state index in [-0.39, 0.29) is 11.9 Å². The van der Waals surface area contributed by atoms with Crippen molar-refractivity contribution >= 4 is 15.9 Å². The molecule has 0 unspecified atom stereocenters. The van der Waals surface area contributed by atoms with E-state index in [1.165, 1.54) is 6.07 Å². The molecule has 0 bridgehead atoms. The zero-order valence-electron chi connectivity index (χ0n) is 6.48. The monoisotopic (exact) mass is 229 g/mol. The van der Waals surface area contributed by atoms with Crippen LogP contribution >= 0.6 is 15.9 Å². The van der Waals surface area contributed by atoms with Crippen LogP contribution in [0.4, 0.5) is 4.39 Å². The summed E-state index contributed by atoms with van der Waals surface area (Å²) >= 11 is 3.32. The average Bonchev–Trinajstić information content (AvgIpc) is 2.31. The number of hydrogen-bond donors (Lipinski definition) is 1. The molecule has 3 heteroatoms. The van der Waals surface area contributed by atoms with E-state index in [2.05, 4.69) is 15.9 Å². The molecule has 1 aliphatic rings. The first kappa shape index (κ1) is 8.20. The molecule has 0 saturated carbocycles. The largest absolute Gasteiger partial charge is 0.324 e. The van der Waals surface area contributed by atoms with Gasteiger partial charge in [0.2, 0.25) is 0 Å². The van der Waals surface area contributed by atoms with Gasteiger partial charge in [-0.25, -0.2) is 4.39 Å². The summed E-state index contributed by atoms with van der Waals surface area (Å²) in [4.78, 5) is 0. The Morgan fingerprint density at radius 1 is 1.50 bits per heavy atom. The number of hydrogen-bond acceptors (Lipinski definition) is 1. The van der Waals surface area contributed by atoms with Crippen LogP contribution in [-0.4, -0.2) is 0 Å². The smallest absolute Gasteiger partial charge is 0.124 e. The van der Waals surface area contributed by atoms with E-state index < -0.39 is 0 Å². The molecule has 0 spiro atoms. The molecular formula is C9H9BrFN. The molecule has 1 atom stereocenters. The third-order valence-corrected chi connectivity index (χ3v) is 2.93. The fourth-order valence-electron chi connectivity index (χ4n) is 1.72. The highest BCUT2D eigenvalue weighted by Crippen LogP contribution is 2.35. The Balaban J connectivity index is 2.60. The van der Waals surface area contributed by atoms with Gasteiger partial charge in [-0.15, -0.1) is 0 Å². The fraction of sp³-hybridized carbons (Fsp3) is 0.333. The quantitative estimate of drug-likeness (QED) is 0.728. The van der Waals surface area contributed by atoms with Crippen LogP contribution in [0.25, 0.3) is 0 Å². The van der Waals surface area contributed by atoms with E-state index in [9.17, 15) is 4.39 Å². The average molecular weight is 230 g/mol. The summed E-state index contributed by atoms with van der Waals surface area (Å²) in [5.41, 5.74) is 7.98. The van der Waals surface area contributed by atoms with Gasteiger partial charge in [-0.2, -0.15) is 0 Å². The maximum Gasteiger partial charge on any atom is 0.124 e. The second-order valence-electron chi connectivity index (χ2n) is 3.11. The molecule has 64 valence electrons. The zero-order valence-corrected chi connectivity index (χ0v) is 8.07. The standard InChI is InChI=1S/C9H9BrFN/c10-7-4-6(11)3-5-1-2-8(12)9(5)7/h3-4,8H,1-2,12H2/t8-/m1/s1. The lowest BCUT2D eigenvalue weighted by Crippen LogP contribution is -2.06. The van der Waals surface area contributed by atoms with Crippen LogP contribution < -0.4 is 5.73 Å². The van der Waals surface area contributed by atoms with Crippen LogP contribution in [0.2, 0.25) is 0 Å². The molecular weight excluding hydrogens is 221 g/mol. The van der Waals surface area contributed by atoms with Gasteiger partial charge in [0.05, 0.1) is 0 Å². The van der Waals surface area contributed by atoms with Gasteiger partial charge < -0.3 is 5.73 Å². The molecule has 0 aliphatic heterocycles. The molecule has 0 saturated heterocycles. The molecule has 0 radical (unpaired) electrons. The van der Waals surface area contributed by atoms with Gasteiger partial charge >= 0.3 is 0 Å². The van der Waals surface area contributed by atoms with Crippen molar-refractivity contribution < 1.29 is 4.39 Å². The van der Waals surface area contributed by atoms with E-state index >= 15 is 0 Å². The molecule has 0 heterocycles. The number of halogens is 2. The number of benzene rings is 1. The van der Waals surface area contributed by atoms with Crippen molar-refractivity contribution in [2.45, 2.75) is 18.9 Å². The van der Waals surface area contributed by atoms with E-state index in [4.69, 9.17) is 5.73 Å². The van der Waals surface area contributed by atoms with E-state index in [0.29, 0.717) is 0 Å². The van der Waals surface area contributed by atoms with Crippen molar-refractivity contribution in [3.05, 3.63) is 33.5 Å². The molecule has 2 N–H and O–H groups in total. The summed E-state index contributed by atoms with van der Waals surface area (Å²) in [7, 11) is 0. The third kappa shape index (κ3) is 1.17. The third-order valence-electron chi connectivity index (χ3n) is 2.28. The molecule has 0 aromatic heterocycles. The summed E-state index contributed by atoms with van der Waals surface area (Å²) in [6, 6.07) is 3.13. The highest BCUT2D eigenvalue weighted by Gasteiger charge is 2.22. The summed E-state index contributed by atoms with van der Waals surface area (Å²) < 4.78 is 13.7. The molecule has 12 heavy (non-hydrogen) atoms. The van der Waals surface area contributed by atoms with Gasteiger partial charge in [0, 0.05) is 10.5 Å². The van der Waals surface area contributed by atoms with Gasteiger partial charge in [-0.1, -0.05) is 15.9 Å². The summed E-state index contributed by atoms with van der Waals surface area (Å²) in [5, 5.41) is 0. The highest BCUT2D eigenvalue weighted by molar-refractivity contribution is 9.10. The SMILES string of the molecule is N[C@@H]1CCc2cc(F)cc(Br)c21. The molecule has 0 amide bonds. The van der Waals surface area contributed by atoms with Gasteiger partial charge in [-0.05, 0) is 36.1 Å². The van der Waals surface area contributed by atoms with E-state index in [1.807, 2.05) is 0 Å². The molecule has 1 aliphatic carbocycles. The Hall–Kier alpha value is -0.410. The number of aryl methyl sites for hydroxylation is 1. The van der Waals surface area contributed by atoms with Crippen molar-refractivity contribution in [3.63, 3.8) is 0 Å². The summed E-state index contributed by atoms with van der Waals surface area (Å²) in [5.74, 6) is -0.185. The second kappa shape index (κ2) is 2.82. The predicted octanol–water partition coefficient (Wildman–Crippen LogP) is 2.53. The lowest BCUT2D eigenvalue weighted by molar-refractivity contribution is 0.624. The Bertz CT molecular complexity index is 325. The van der Waals surface area contributed by atoms with E-state index in [1.54, 1.807) is 6.07 Å². The van der Waals surface area contributed by atoms with Crippen molar-refractivity contribution in [3.8, 4) is 0 Å². The molecule has 1 aromatic rings. The Morgan fingerprint density at radius 2 is 2.25 bits per heavy atom. The number of rotatable bonds is 0. The second-order valence-corrected chi connectivity index (χ2v) is 3.96. The summed E-state index contributed by atoms with van der Waals surface area (Å²) in [6.45, 7) is 0. The minimum Gasteiger partial charge on any atom is -0.324 e. The molecule has 1 aromatic carbocycles. The lowest BCUT2D eigenvalue weighted by Gasteiger charge is -2.06. The maximum atomic E-state index is 12.9. The first-order chi connectivity index (χ1) is 5.68. The lowest BCUT2D eigenvalue weighted by atomic mass is 10.1.